The lowest BCUT2D eigenvalue weighted by Crippen LogP contribution is -2.05. The molecule has 0 spiro atoms. The lowest BCUT2D eigenvalue weighted by atomic mass is 10.1. The van der Waals surface area contributed by atoms with Crippen molar-refractivity contribution in [2.75, 3.05) is 0 Å². The number of pyridine rings is 1. The van der Waals surface area contributed by atoms with Gasteiger partial charge in [-0.25, -0.2) is 4.98 Å². The summed E-state index contributed by atoms with van der Waals surface area (Å²) in [5, 5.41) is 5.07. The number of aromatic nitrogens is 3. The molecular formula is C13H16ClN3. The van der Waals surface area contributed by atoms with Gasteiger partial charge in [0.15, 0.2) is 0 Å². The molecule has 0 unspecified atom stereocenters. The zero-order chi connectivity index (χ0) is 12.4. The van der Waals surface area contributed by atoms with Crippen LogP contribution in [0.15, 0.2) is 18.2 Å². The number of aryl methyl sites for hydroxylation is 1. The molecular weight excluding hydrogens is 234 g/mol. The topological polar surface area (TPSA) is 30.7 Å². The van der Waals surface area contributed by atoms with Gasteiger partial charge in [-0.2, -0.15) is 5.10 Å². The molecule has 0 amide bonds. The molecule has 2 heterocycles. The number of rotatable bonds is 3. The van der Waals surface area contributed by atoms with Gasteiger partial charge >= 0.3 is 0 Å². The largest absolute Gasteiger partial charge is 0.263 e. The third kappa shape index (κ3) is 2.50. The van der Waals surface area contributed by atoms with E-state index in [2.05, 4.69) is 23.9 Å². The van der Waals surface area contributed by atoms with E-state index in [0.29, 0.717) is 11.7 Å². The van der Waals surface area contributed by atoms with Crippen molar-refractivity contribution in [3.8, 4) is 0 Å². The van der Waals surface area contributed by atoms with E-state index in [4.69, 9.17) is 11.6 Å². The van der Waals surface area contributed by atoms with E-state index in [9.17, 15) is 0 Å². The fourth-order valence-electron chi connectivity index (χ4n) is 2.09. The van der Waals surface area contributed by atoms with E-state index in [1.54, 1.807) is 6.07 Å². The smallest absolute Gasteiger partial charge is 0.129 e. The van der Waals surface area contributed by atoms with Crippen molar-refractivity contribution in [1.29, 1.82) is 0 Å². The van der Waals surface area contributed by atoms with Crippen LogP contribution in [0.25, 0.3) is 0 Å². The van der Waals surface area contributed by atoms with Crippen molar-refractivity contribution in [2.45, 2.75) is 33.7 Å². The normalized spacial score (nSPS) is 10.8. The molecule has 0 N–H and O–H groups in total. The molecule has 0 aliphatic rings. The molecule has 0 aromatic carbocycles. The molecule has 0 aliphatic carbocycles. The van der Waals surface area contributed by atoms with Crippen LogP contribution < -0.4 is 0 Å². The Bertz CT molecular complexity index is 531. The summed E-state index contributed by atoms with van der Waals surface area (Å²) >= 11 is 5.87. The minimum Gasteiger partial charge on any atom is -0.263 e. The lowest BCUT2D eigenvalue weighted by Gasteiger charge is -2.04. The van der Waals surface area contributed by atoms with Crippen LogP contribution in [0.3, 0.4) is 0 Å². The van der Waals surface area contributed by atoms with Crippen LogP contribution in [-0.2, 0) is 13.0 Å². The Labute approximate surface area is 106 Å². The van der Waals surface area contributed by atoms with Crippen molar-refractivity contribution in [1.82, 2.24) is 14.8 Å². The van der Waals surface area contributed by atoms with E-state index < -0.39 is 0 Å². The van der Waals surface area contributed by atoms with Crippen molar-refractivity contribution in [3.05, 3.63) is 46.0 Å². The second-order valence-electron chi connectivity index (χ2n) is 4.11. The Morgan fingerprint density at radius 3 is 2.65 bits per heavy atom. The highest BCUT2D eigenvalue weighted by Gasteiger charge is 2.10. The Hall–Kier alpha value is -1.35. The van der Waals surface area contributed by atoms with Gasteiger partial charge in [0.25, 0.3) is 0 Å². The van der Waals surface area contributed by atoms with Crippen molar-refractivity contribution < 1.29 is 0 Å². The highest BCUT2D eigenvalue weighted by molar-refractivity contribution is 6.29. The first-order chi connectivity index (χ1) is 8.11. The summed E-state index contributed by atoms with van der Waals surface area (Å²) < 4.78 is 1.99. The molecule has 90 valence electrons. The summed E-state index contributed by atoms with van der Waals surface area (Å²) in [5.74, 6) is 0. The predicted octanol–water partition coefficient (Wildman–Crippen LogP) is 3.16. The van der Waals surface area contributed by atoms with Gasteiger partial charge in [-0.1, -0.05) is 24.6 Å². The van der Waals surface area contributed by atoms with Gasteiger partial charge in [0, 0.05) is 5.69 Å². The maximum Gasteiger partial charge on any atom is 0.129 e. The molecule has 0 bridgehead atoms. The third-order valence-electron chi connectivity index (χ3n) is 2.97. The molecule has 0 atom stereocenters. The fraction of sp³-hybridized carbons (Fsp3) is 0.385. The molecule has 4 heteroatoms. The first kappa shape index (κ1) is 12.1. The predicted molar refractivity (Wildman–Crippen MR) is 69.4 cm³/mol. The minimum absolute atomic E-state index is 0.528. The van der Waals surface area contributed by atoms with Gasteiger partial charge in [0.1, 0.15) is 5.15 Å². The summed E-state index contributed by atoms with van der Waals surface area (Å²) in [6.07, 6.45) is 1.01. The minimum atomic E-state index is 0.528. The van der Waals surface area contributed by atoms with Crippen LogP contribution in [0, 0.1) is 13.8 Å². The highest BCUT2D eigenvalue weighted by Crippen LogP contribution is 2.15. The van der Waals surface area contributed by atoms with Crippen LogP contribution in [0.5, 0.6) is 0 Å². The van der Waals surface area contributed by atoms with Crippen LogP contribution >= 0.6 is 11.6 Å². The monoisotopic (exact) mass is 249 g/mol. The maximum absolute atomic E-state index is 5.87. The molecule has 2 aromatic heterocycles. The number of halogens is 1. The van der Waals surface area contributed by atoms with E-state index in [-0.39, 0.29) is 0 Å². The van der Waals surface area contributed by atoms with Gasteiger partial charge in [0.2, 0.25) is 0 Å². The van der Waals surface area contributed by atoms with E-state index in [1.807, 2.05) is 23.7 Å². The second-order valence-corrected chi connectivity index (χ2v) is 4.50. The zero-order valence-electron chi connectivity index (χ0n) is 10.4. The quantitative estimate of drug-likeness (QED) is 0.783. The maximum atomic E-state index is 5.87. The molecule has 0 fully saturated rings. The van der Waals surface area contributed by atoms with E-state index >= 15 is 0 Å². The molecule has 2 aromatic rings. The number of nitrogens with zero attached hydrogens (tertiary/aromatic N) is 3. The standard InChI is InChI=1S/C13H16ClN3/c1-4-12-9(2)16-17(10(12)3)8-11-6-5-7-13(14)15-11/h5-7H,4,8H2,1-3H3. The summed E-state index contributed by atoms with van der Waals surface area (Å²) in [5.41, 5.74) is 4.58. The average molecular weight is 250 g/mol. The molecule has 0 radical (unpaired) electrons. The van der Waals surface area contributed by atoms with E-state index in [0.717, 1.165) is 17.8 Å². The fourth-order valence-corrected chi connectivity index (χ4v) is 2.27. The van der Waals surface area contributed by atoms with Gasteiger partial charge < -0.3 is 0 Å². The van der Waals surface area contributed by atoms with E-state index in [1.165, 1.54) is 11.3 Å². The zero-order valence-corrected chi connectivity index (χ0v) is 11.1. The summed E-state index contributed by atoms with van der Waals surface area (Å²) in [6, 6.07) is 5.66. The molecule has 0 saturated carbocycles. The molecule has 0 aliphatic heterocycles. The van der Waals surface area contributed by atoms with Crippen molar-refractivity contribution in [2.24, 2.45) is 0 Å². The van der Waals surface area contributed by atoms with Gasteiger partial charge in [-0.3, -0.25) is 4.68 Å². The van der Waals surface area contributed by atoms with Crippen molar-refractivity contribution in [3.63, 3.8) is 0 Å². The third-order valence-corrected chi connectivity index (χ3v) is 3.18. The summed E-state index contributed by atoms with van der Waals surface area (Å²) in [6.45, 7) is 6.98. The van der Waals surface area contributed by atoms with Crippen LogP contribution in [0.2, 0.25) is 5.15 Å². The molecule has 17 heavy (non-hydrogen) atoms. The van der Waals surface area contributed by atoms with Gasteiger partial charge in [-0.05, 0) is 38.0 Å². The summed E-state index contributed by atoms with van der Waals surface area (Å²) in [7, 11) is 0. The Morgan fingerprint density at radius 1 is 1.29 bits per heavy atom. The number of hydrogen-bond donors (Lipinski definition) is 0. The first-order valence-electron chi connectivity index (χ1n) is 5.76. The Morgan fingerprint density at radius 2 is 2.06 bits per heavy atom. The molecule has 2 rings (SSSR count). The SMILES string of the molecule is CCc1c(C)nn(Cc2cccc(Cl)n2)c1C. The summed E-state index contributed by atoms with van der Waals surface area (Å²) in [4.78, 5) is 4.28. The second kappa shape index (κ2) is 4.88. The average Bonchev–Trinajstić information content (AvgIpc) is 2.54. The van der Waals surface area contributed by atoms with Crippen LogP contribution in [-0.4, -0.2) is 14.8 Å². The Kier molecular flexibility index (Phi) is 3.48. The van der Waals surface area contributed by atoms with Gasteiger partial charge in [-0.15, -0.1) is 0 Å². The van der Waals surface area contributed by atoms with Crippen LogP contribution in [0.4, 0.5) is 0 Å². The first-order valence-corrected chi connectivity index (χ1v) is 6.14. The van der Waals surface area contributed by atoms with Crippen LogP contribution in [0.1, 0.15) is 29.6 Å². The highest BCUT2D eigenvalue weighted by atomic mass is 35.5. The van der Waals surface area contributed by atoms with Crippen molar-refractivity contribution >= 4 is 11.6 Å². The molecule has 0 saturated heterocycles. The molecule has 3 nitrogen and oxygen atoms in total. The lowest BCUT2D eigenvalue weighted by molar-refractivity contribution is 0.646. The van der Waals surface area contributed by atoms with Gasteiger partial charge in [0.05, 0.1) is 17.9 Å². The Balaban J connectivity index is 2.30. The number of hydrogen-bond acceptors (Lipinski definition) is 2.